The van der Waals surface area contributed by atoms with Crippen LogP contribution in [0.25, 0.3) is 0 Å². The fourth-order valence-corrected chi connectivity index (χ4v) is 3.31. The number of nitrogens with one attached hydrogen (secondary N) is 2. The highest BCUT2D eigenvalue weighted by Gasteiger charge is 2.25. The molecule has 21 heavy (non-hydrogen) atoms. The van der Waals surface area contributed by atoms with Gasteiger partial charge in [0.2, 0.25) is 0 Å². The molecule has 1 aromatic heterocycles. The minimum atomic E-state index is -4.21. The second-order valence-corrected chi connectivity index (χ2v) is 7.18. The van der Waals surface area contributed by atoms with Crippen molar-refractivity contribution in [1.29, 1.82) is 0 Å². The molecule has 0 aliphatic heterocycles. The normalized spacial score (nSPS) is 11.7. The summed E-state index contributed by atoms with van der Waals surface area (Å²) in [5.74, 6) is -0.992. The van der Waals surface area contributed by atoms with Crippen molar-refractivity contribution < 1.29 is 12.8 Å². The van der Waals surface area contributed by atoms with Crippen LogP contribution in [-0.2, 0) is 10.0 Å². The van der Waals surface area contributed by atoms with Gasteiger partial charge >= 0.3 is 0 Å². The summed E-state index contributed by atoms with van der Waals surface area (Å²) in [6, 6.07) is 0.981. The Morgan fingerprint density at radius 1 is 1.48 bits per heavy atom. The molecule has 1 heterocycles. The number of sulfonamides is 1. The van der Waals surface area contributed by atoms with Crippen molar-refractivity contribution in [3.05, 3.63) is 32.6 Å². The van der Waals surface area contributed by atoms with Gasteiger partial charge in [0, 0.05) is 11.3 Å². The van der Waals surface area contributed by atoms with E-state index in [4.69, 9.17) is 17.3 Å². The summed E-state index contributed by atoms with van der Waals surface area (Å²) in [6.45, 7) is 3.41. The maximum absolute atomic E-state index is 14.1. The molecule has 0 saturated carbocycles. The zero-order valence-corrected chi connectivity index (χ0v) is 14.1. The molecule has 114 valence electrons. The van der Waals surface area contributed by atoms with Crippen LogP contribution in [0.2, 0.25) is 5.02 Å². The summed E-state index contributed by atoms with van der Waals surface area (Å²) in [5.41, 5.74) is 6.41. The molecule has 2 rings (SSSR count). The van der Waals surface area contributed by atoms with Crippen LogP contribution in [0, 0.1) is 19.7 Å². The van der Waals surface area contributed by atoms with E-state index in [0.717, 1.165) is 6.07 Å². The second kappa shape index (κ2) is 5.47. The van der Waals surface area contributed by atoms with Crippen molar-refractivity contribution in [2.45, 2.75) is 18.7 Å². The van der Waals surface area contributed by atoms with Crippen LogP contribution in [0.15, 0.2) is 15.4 Å². The molecule has 0 aliphatic rings. The van der Waals surface area contributed by atoms with E-state index in [-0.39, 0.29) is 21.0 Å². The van der Waals surface area contributed by atoms with Gasteiger partial charge in [-0.1, -0.05) is 11.6 Å². The highest BCUT2D eigenvalue weighted by Crippen LogP contribution is 2.35. The molecule has 0 amide bonds. The van der Waals surface area contributed by atoms with Crippen LogP contribution >= 0.6 is 27.5 Å². The van der Waals surface area contributed by atoms with Gasteiger partial charge in [-0.3, -0.25) is 9.82 Å². The number of halogens is 3. The van der Waals surface area contributed by atoms with Crippen LogP contribution in [0.1, 0.15) is 11.3 Å². The SMILES string of the molecule is Cc1[nH]nc(NS(=O)(=O)c2cc(Cl)c(Br)c(N)c2F)c1C. The Morgan fingerprint density at radius 3 is 2.62 bits per heavy atom. The van der Waals surface area contributed by atoms with E-state index in [1.165, 1.54) is 0 Å². The van der Waals surface area contributed by atoms with Crippen LogP contribution in [-0.4, -0.2) is 18.6 Å². The molecule has 6 nitrogen and oxygen atoms in total. The van der Waals surface area contributed by atoms with Crippen LogP contribution in [0.3, 0.4) is 0 Å². The number of aromatic amines is 1. The Morgan fingerprint density at radius 2 is 2.10 bits per heavy atom. The number of nitrogens with zero attached hydrogens (tertiary/aromatic N) is 1. The number of anilines is 2. The number of benzene rings is 1. The third-order valence-electron chi connectivity index (χ3n) is 2.93. The first-order valence-electron chi connectivity index (χ1n) is 5.62. The number of hydrogen-bond acceptors (Lipinski definition) is 4. The van der Waals surface area contributed by atoms with E-state index in [0.29, 0.717) is 11.3 Å². The molecule has 4 N–H and O–H groups in total. The Hall–Kier alpha value is -1.32. The molecule has 0 aliphatic carbocycles. The van der Waals surface area contributed by atoms with Gasteiger partial charge in [0.1, 0.15) is 4.90 Å². The van der Waals surface area contributed by atoms with Crippen molar-refractivity contribution in [3.63, 3.8) is 0 Å². The monoisotopic (exact) mass is 396 g/mol. The first-order chi connectivity index (χ1) is 9.65. The zero-order chi connectivity index (χ0) is 15.9. The Kier molecular flexibility index (Phi) is 4.18. The molecular formula is C11H11BrClFN4O2S. The summed E-state index contributed by atoms with van der Waals surface area (Å²) < 4.78 is 40.9. The average Bonchev–Trinajstić information content (AvgIpc) is 2.72. The summed E-state index contributed by atoms with van der Waals surface area (Å²) in [7, 11) is -4.21. The maximum Gasteiger partial charge on any atom is 0.266 e. The smallest absolute Gasteiger partial charge is 0.266 e. The van der Waals surface area contributed by atoms with Gasteiger partial charge in [0.15, 0.2) is 11.6 Å². The lowest BCUT2D eigenvalue weighted by molar-refractivity contribution is 0.572. The van der Waals surface area contributed by atoms with E-state index in [2.05, 4.69) is 30.8 Å². The van der Waals surface area contributed by atoms with E-state index in [1.54, 1.807) is 13.8 Å². The van der Waals surface area contributed by atoms with Gasteiger partial charge < -0.3 is 5.73 Å². The standard InChI is InChI=1S/C11H11BrClFN4O2S/c1-4-5(2)16-17-11(4)18-21(19,20)7-3-6(13)8(12)10(15)9(7)14/h3H,15H2,1-2H3,(H2,16,17,18). The Labute approximate surface area is 134 Å². The quantitative estimate of drug-likeness (QED) is 0.547. The minimum absolute atomic E-state index is 0.01000. The number of hydrogen-bond donors (Lipinski definition) is 3. The zero-order valence-electron chi connectivity index (χ0n) is 11.0. The summed E-state index contributed by atoms with van der Waals surface area (Å²) in [4.78, 5) is -0.645. The average molecular weight is 398 g/mol. The second-order valence-electron chi connectivity index (χ2n) is 4.33. The van der Waals surface area contributed by atoms with Crippen molar-refractivity contribution in [3.8, 4) is 0 Å². The summed E-state index contributed by atoms with van der Waals surface area (Å²) >= 11 is 8.81. The van der Waals surface area contributed by atoms with Gasteiger partial charge in [-0.15, -0.1) is 0 Å². The molecule has 0 atom stereocenters. The Bertz CT molecular complexity index is 822. The fourth-order valence-electron chi connectivity index (χ4n) is 1.56. The van der Waals surface area contributed by atoms with E-state index in [9.17, 15) is 12.8 Å². The summed E-state index contributed by atoms with van der Waals surface area (Å²) in [5, 5.41) is 6.43. The molecule has 10 heteroatoms. The maximum atomic E-state index is 14.1. The molecule has 2 aromatic rings. The first kappa shape index (κ1) is 16.1. The number of aryl methyl sites for hydroxylation is 1. The molecule has 0 fully saturated rings. The van der Waals surface area contributed by atoms with E-state index >= 15 is 0 Å². The molecule has 0 saturated heterocycles. The molecular weight excluding hydrogens is 387 g/mol. The lowest BCUT2D eigenvalue weighted by atomic mass is 10.3. The van der Waals surface area contributed by atoms with Crippen molar-refractivity contribution in [1.82, 2.24) is 10.2 Å². The molecule has 0 radical (unpaired) electrons. The van der Waals surface area contributed by atoms with Gasteiger partial charge in [-0.2, -0.15) is 5.10 Å². The van der Waals surface area contributed by atoms with Crippen molar-refractivity contribution in [2.24, 2.45) is 0 Å². The number of nitrogens with two attached hydrogens (primary N) is 1. The Balaban J connectivity index is 2.53. The number of H-pyrrole nitrogens is 1. The number of aromatic nitrogens is 2. The van der Waals surface area contributed by atoms with Crippen LogP contribution in [0.4, 0.5) is 15.9 Å². The van der Waals surface area contributed by atoms with Gasteiger partial charge in [-0.25, -0.2) is 12.8 Å². The van der Waals surface area contributed by atoms with Gasteiger partial charge in [0.25, 0.3) is 10.0 Å². The number of nitrogen functional groups attached to an aromatic ring is 1. The van der Waals surface area contributed by atoms with E-state index < -0.39 is 20.7 Å². The first-order valence-corrected chi connectivity index (χ1v) is 8.28. The van der Waals surface area contributed by atoms with Crippen molar-refractivity contribution in [2.75, 3.05) is 10.5 Å². The van der Waals surface area contributed by atoms with Crippen LogP contribution < -0.4 is 10.5 Å². The largest absolute Gasteiger partial charge is 0.395 e. The topological polar surface area (TPSA) is 101 Å². The third kappa shape index (κ3) is 2.85. The van der Waals surface area contributed by atoms with E-state index in [1.807, 2.05) is 0 Å². The predicted octanol–water partition coefficient (Wildman–Crippen LogP) is 2.96. The van der Waals surface area contributed by atoms with Crippen LogP contribution in [0.5, 0.6) is 0 Å². The minimum Gasteiger partial charge on any atom is -0.395 e. The molecule has 1 aromatic carbocycles. The van der Waals surface area contributed by atoms with Crippen molar-refractivity contribution >= 4 is 49.1 Å². The third-order valence-corrected chi connectivity index (χ3v) is 5.65. The fraction of sp³-hybridized carbons (Fsp3) is 0.182. The highest BCUT2D eigenvalue weighted by atomic mass is 79.9. The van der Waals surface area contributed by atoms with Gasteiger partial charge in [-0.05, 0) is 35.8 Å². The molecule has 0 spiro atoms. The van der Waals surface area contributed by atoms with Gasteiger partial charge in [0.05, 0.1) is 15.2 Å². The lowest BCUT2D eigenvalue weighted by Crippen LogP contribution is -2.16. The molecule has 0 unspecified atom stereocenters. The number of rotatable bonds is 3. The summed E-state index contributed by atoms with van der Waals surface area (Å²) in [6.07, 6.45) is 0. The predicted molar refractivity (Wildman–Crippen MR) is 82.4 cm³/mol. The lowest BCUT2D eigenvalue weighted by Gasteiger charge is -2.11. The highest BCUT2D eigenvalue weighted by molar-refractivity contribution is 9.10. The molecule has 0 bridgehead atoms.